The van der Waals surface area contributed by atoms with Gasteiger partial charge in [-0.15, -0.1) is 19.7 Å². The lowest BCUT2D eigenvalue weighted by molar-refractivity contribution is -0.198. The Morgan fingerprint density at radius 2 is 0.596 bits per heavy atom. The van der Waals surface area contributed by atoms with E-state index in [9.17, 15) is 28.8 Å². The smallest absolute Gasteiger partial charge is 0.306 e. The molecular formula is C87H132O12. The molecule has 12 heteroatoms. The van der Waals surface area contributed by atoms with E-state index in [0.29, 0.717) is 129 Å². The number of esters is 6. The van der Waals surface area contributed by atoms with E-state index in [2.05, 4.69) is 82.1 Å². The van der Waals surface area contributed by atoms with Gasteiger partial charge < -0.3 is 28.4 Å². The summed E-state index contributed by atoms with van der Waals surface area (Å²) >= 11 is 0. The molecule has 99 heavy (non-hydrogen) atoms. The summed E-state index contributed by atoms with van der Waals surface area (Å²) in [4.78, 5) is 84.5. The largest absolute Gasteiger partial charge is 0.462 e. The molecular weight excluding hydrogens is 1240 g/mol. The Balaban J connectivity index is 0.756. The lowest BCUT2D eigenvalue weighted by Gasteiger charge is -2.63. The van der Waals surface area contributed by atoms with Crippen LogP contribution in [0.25, 0.3) is 0 Å². The molecule has 0 amide bonds. The van der Waals surface area contributed by atoms with Gasteiger partial charge in [-0.2, -0.15) is 0 Å². The highest BCUT2D eigenvalue weighted by molar-refractivity contribution is 5.72. The lowest BCUT2D eigenvalue weighted by Crippen LogP contribution is -2.59. The van der Waals surface area contributed by atoms with E-state index in [1.165, 1.54) is 0 Å². The minimum atomic E-state index is -0.187. The van der Waals surface area contributed by atoms with Crippen molar-refractivity contribution in [3.05, 3.63) is 38.0 Å². The van der Waals surface area contributed by atoms with Crippen LogP contribution in [0.4, 0.5) is 0 Å². The predicted octanol–water partition coefficient (Wildman–Crippen LogP) is 19.4. The van der Waals surface area contributed by atoms with Gasteiger partial charge in [0.2, 0.25) is 0 Å². The maximum absolute atomic E-state index is 14.3. The van der Waals surface area contributed by atoms with Gasteiger partial charge in [-0.25, -0.2) is 0 Å². The lowest BCUT2D eigenvalue weighted by atomic mass is 9.43. The Hall–Kier alpha value is -3.96. The van der Waals surface area contributed by atoms with E-state index < -0.39 is 0 Å². The zero-order chi connectivity index (χ0) is 70.1. The number of carbonyl (C=O) groups is 6. The molecule has 30 atom stereocenters. The van der Waals surface area contributed by atoms with Gasteiger partial charge in [0.15, 0.2) is 0 Å². The first-order valence-corrected chi connectivity index (χ1v) is 41.3. The molecule has 23 aliphatic rings. The monoisotopic (exact) mass is 1370 g/mol. The van der Waals surface area contributed by atoms with Gasteiger partial charge in [0.1, 0.15) is 36.6 Å². The molecule has 0 aromatic carbocycles. The fourth-order valence-corrected chi connectivity index (χ4v) is 28.8. The Morgan fingerprint density at radius 1 is 0.354 bits per heavy atom. The van der Waals surface area contributed by atoms with Crippen molar-refractivity contribution in [3.63, 3.8) is 0 Å². The highest BCUT2D eigenvalue weighted by atomic mass is 16.6. The van der Waals surface area contributed by atoms with Crippen LogP contribution in [-0.4, -0.2) is 72.4 Å². The van der Waals surface area contributed by atoms with E-state index in [0.717, 1.165) is 173 Å². The van der Waals surface area contributed by atoms with Crippen molar-refractivity contribution in [2.24, 2.45) is 139 Å². The number of allylic oxidation sites excluding steroid dienone is 3. The number of carbonyl (C=O) groups excluding carboxylic acids is 6. The number of hydrogen-bond donors (Lipinski definition) is 0. The van der Waals surface area contributed by atoms with Crippen LogP contribution < -0.4 is 0 Å². The van der Waals surface area contributed by atoms with E-state index >= 15 is 0 Å². The molecule has 0 N–H and O–H groups in total. The normalized spacial score (nSPS) is 48.9. The minimum Gasteiger partial charge on any atom is -0.462 e. The van der Waals surface area contributed by atoms with E-state index in [1.807, 2.05) is 18.2 Å². The molecule has 0 aromatic rings. The van der Waals surface area contributed by atoms with Crippen LogP contribution in [0.5, 0.6) is 0 Å². The van der Waals surface area contributed by atoms with E-state index in [-0.39, 0.29) is 140 Å². The summed E-state index contributed by atoms with van der Waals surface area (Å²) < 4.78 is 40.1. The zero-order valence-electron chi connectivity index (χ0n) is 63.1. The summed E-state index contributed by atoms with van der Waals surface area (Å²) in [5, 5.41) is 0. The average molecular weight is 1370 g/mol. The van der Waals surface area contributed by atoms with Crippen molar-refractivity contribution in [1.82, 2.24) is 0 Å². The second-order valence-corrected chi connectivity index (χ2v) is 38.1. The molecule has 11 heterocycles. The van der Waals surface area contributed by atoms with Crippen molar-refractivity contribution in [2.75, 3.05) is 0 Å². The SMILES string of the molecule is C=CCCC(=O)O[C@@H]1C[C@@H]2C[C@H]3CC[C@]2(C)[C@H]2CC[C@]4(C)[C@H](CC[C@H]4[C@H]12)[C@H](C)CCC(=O)O[C@@H]1CC[C@@]2(C)[C@@H](C1)C[C@@H](OC(=O)CCC=C)[C@@H]1[C@@H]2CC[C@]2(C)[C@H](CC[C@@H]12)[C@H](C)CCC(=O)O[C@@H]1CC[C@@]2(C)[C@@H](C1)C[C@@H](OC(=O)CCC=C)[C@@H]1[C@@H]2CC[C@]2(C)[C@H](CC[C@@H]12)[C@H](C)CCC(=O)O3. The Morgan fingerprint density at radius 3 is 0.859 bits per heavy atom. The third-order valence-corrected chi connectivity index (χ3v) is 33.9. The Kier molecular flexibility index (Phi) is 21.6. The molecule has 23 fully saturated rings. The van der Waals surface area contributed by atoms with Crippen LogP contribution in [0.3, 0.4) is 0 Å². The molecule has 11 saturated heterocycles. The Bertz CT molecular complexity index is 2680. The summed E-state index contributed by atoms with van der Waals surface area (Å²) in [5.74, 6) is 5.83. The molecule has 24 bridgehead atoms. The molecule has 0 spiro atoms. The van der Waals surface area contributed by atoms with Crippen molar-refractivity contribution in [3.8, 4) is 0 Å². The summed E-state index contributed by atoms with van der Waals surface area (Å²) in [7, 11) is 0. The van der Waals surface area contributed by atoms with Gasteiger partial charge in [-0.05, 0) is 314 Å². The quantitative estimate of drug-likeness (QED) is 0.104. The third-order valence-electron chi connectivity index (χ3n) is 33.9. The van der Waals surface area contributed by atoms with Gasteiger partial charge in [-0.3, -0.25) is 28.8 Å². The fraction of sp³-hybridized carbons (Fsp3) is 0.862. The van der Waals surface area contributed by atoms with Crippen molar-refractivity contribution >= 4 is 35.8 Å². The van der Waals surface area contributed by atoms with Gasteiger partial charge in [0.05, 0.1) is 0 Å². The van der Waals surface area contributed by atoms with Gasteiger partial charge >= 0.3 is 35.8 Å². The molecule has 552 valence electrons. The van der Waals surface area contributed by atoms with Crippen molar-refractivity contribution in [2.45, 2.75) is 330 Å². The summed E-state index contributed by atoms with van der Waals surface area (Å²) in [5.41, 5.74) is 0.348. The van der Waals surface area contributed by atoms with Crippen LogP contribution >= 0.6 is 0 Å². The highest BCUT2D eigenvalue weighted by Crippen LogP contribution is 2.73. The van der Waals surface area contributed by atoms with Crippen LogP contribution in [0.2, 0.25) is 0 Å². The maximum Gasteiger partial charge on any atom is 0.306 e. The molecule has 12 saturated carbocycles. The van der Waals surface area contributed by atoms with E-state index in [1.54, 1.807) is 0 Å². The van der Waals surface area contributed by atoms with Gasteiger partial charge in [0, 0.05) is 56.3 Å². The molecule has 0 unspecified atom stereocenters. The van der Waals surface area contributed by atoms with Crippen LogP contribution in [0.15, 0.2) is 38.0 Å². The van der Waals surface area contributed by atoms with E-state index in [4.69, 9.17) is 28.4 Å². The first-order chi connectivity index (χ1) is 47.3. The second kappa shape index (κ2) is 29.2. The maximum atomic E-state index is 14.3. The minimum absolute atomic E-state index is 0.0526. The molecule has 23 rings (SSSR count). The topological polar surface area (TPSA) is 158 Å². The third kappa shape index (κ3) is 13.6. The van der Waals surface area contributed by atoms with Crippen molar-refractivity contribution in [1.29, 1.82) is 0 Å². The van der Waals surface area contributed by atoms with Crippen LogP contribution in [0, 0.1) is 139 Å². The fourth-order valence-electron chi connectivity index (χ4n) is 28.8. The van der Waals surface area contributed by atoms with Gasteiger partial charge in [-0.1, -0.05) is 80.5 Å². The number of ether oxygens (including phenoxy) is 6. The second-order valence-electron chi connectivity index (χ2n) is 38.1. The Labute approximate surface area is 597 Å². The molecule has 12 nitrogen and oxygen atoms in total. The number of rotatable bonds is 12. The summed E-state index contributed by atoms with van der Waals surface area (Å²) in [6.07, 6.45) is 34.6. The van der Waals surface area contributed by atoms with Crippen LogP contribution in [0.1, 0.15) is 293 Å². The molecule has 11 aliphatic heterocycles. The predicted molar refractivity (Wildman–Crippen MR) is 385 cm³/mol. The average Bonchev–Trinajstić information content (AvgIpc) is 1.71. The number of hydrogen-bond acceptors (Lipinski definition) is 12. The zero-order valence-corrected chi connectivity index (χ0v) is 63.1. The first-order valence-electron chi connectivity index (χ1n) is 41.3. The molecule has 12 aliphatic carbocycles. The highest BCUT2D eigenvalue weighted by Gasteiger charge is 2.68. The van der Waals surface area contributed by atoms with Crippen molar-refractivity contribution < 1.29 is 57.2 Å². The first kappa shape index (κ1) is 73.4. The van der Waals surface area contributed by atoms with Gasteiger partial charge in [0.25, 0.3) is 0 Å². The molecule has 0 radical (unpaired) electrons. The van der Waals surface area contributed by atoms with Crippen LogP contribution in [-0.2, 0) is 57.2 Å². The summed E-state index contributed by atoms with van der Waals surface area (Å²) in [6, 6.07) is 0. The molecule has 0 aromatic heterocycles. The standard InChI is InChI=1S/C87H132O12/c1-13-16-19-73(88)97-70-49-55-46-58-34-40-82(55,7)67-37-43-85(10)61(25-28-64(85)79(67)70)52(4)22-31-77(92)95-59-35-41-83(8)56(47-59)50-71(98-74(89)20-17-14-2)81-66-30-27-63(87(66,12)45-39-69(81)83)54(6)24-33-78(93)96-60-36-42-84(9)57(48-60)51-72(99-75(90)21-18-15-3)80-65-29-26-62(53(5)23-32-76(91)94-58)86(65,11)44-38-68(80)84/h13-15,52-72,79-81H,1-3,16-51H2,4-12H3/t52-,53-,54-,55+,56+,57+,58-,59-,60-,61-,62-,63-,64+,65+,66+,67+,68+,69+,70-,71-,72-,79+,80+,81+,82+,83+,84+,85-,86-,87-/m1/s1. The summed E-state index contributed by atoms with van der Waals surface area (Å²) in [6.45, 7) is 34.2.